The number of carbonyl (C=O) groups is 1. The van der Waals surface area contributed by atoms with Gasteiger partial charge in [-0.25, -0.2) is 0 Å². The van der Waals surface area contributed by atoms with E-state index in [-0.39, 0.29) is 11.9 Å². The second-order valence-corrected chi connectivity index (χ2v) is 6.67. The van der Waals surface area contributed by atoms with E-state index < -0.39 is 0 Å². The van der Waals surface area contributed by atoms with Crippen LogP contribution in [0.3, 0.4) is 0 Å². The summed E-state index contributed by atoms with van der Waals surface area (Å²) in [6, 6.07) is 6.14. The van der Waals surface area contributed by atoms with Crippen molar-refractivity contribution in [2.45, 2.75) is 45.2 Å². The Labute approximate surface area is 149 Å². The number of nitrogens with one attached hydrogen (secondary N) is 1. The van der Waals surface area contributed by atoms with Gasteiger partial charge in [-0.05, 0) is 50.0 Å². The van der Waals surface area contributed by atoms with Gasteiger partial charge in [0.25, 0.3) is 5.91 Å². The smallest absolute Gasteiger partial charge is 0.272 e. The van der Waals surface area contributed by atoms with E-state index in [1.807, 2.05) is 36.3 Å². The molecule has 1 aliphatic heterocycles. The first kappa shape index (κ1) is 17.6. The molecule has 134 valence electrons. The van der Waals surface area contributed by atoms with E-state index in [2.05, 4.69) is 22.3 Å². The molecule has 1 fully saturated rings. The van der Waals surface area contributed by atoms with E-state index in [0.717, 1.165) is 50.0 Å². The van der Waals surface area contributed by atoms with Crippen LogP contribution in [0.2, 0.25) is 0 Å². The Hall–Kier alpha value is -2.21. The van der Waals surface area contributed by atoms with Crippen LogP contribution in [0.1, 0.15) is 47.9 Å². The summed E-state index contributed by atoms with van der Waals surface area (Å²) in [5, 5.41) is 7.88. The number of nitrogens with zero attached hydrogens (tertiary/aromatic N) is 4. The fourth-order valence-corrected chi connectivity index (χ4v) is 3.43. The Morgan fingerprint density at radius 3 is 2.88 bits per heavy atom. The monoisotopic (exact) mass is 341 g/mol. The largest absolute Gasteiger partial charge is 0.330 e. The van der Waals surface area contributed by atoms with Crippen LogP contribution in [0.5, 0.6) is 0 Å². The second kappa shape index (κ2) is 8.25. The molecule has 0 unspecified atom stereocenters. The van der Waals surface area contributed by atoms with E-state index in [4.69, 9.17) is 0 Å². The van der Waals surface area contributed by atoms with E-state index in [0.29, 0.717) is 12.2 Å². The molecular formula is C19H27N5O. The lowest BCUT2D eigenvalue weighted by Gasteiger charge is -2.34. The van der Waals surface area contributed by atoms with E-state index in [1.54, 1.807) is 10.9 Å². The number of pyridine rings is 1. The molecule has 0 atom stereocenters. The van der Waals surface area contributed by atoms with Crippen LogP contribution >= 0.6 is 0 Å². The normalized spacial score (nSPS) is 15.3. The van der Waals surface area contributed by atoms with Gasteiger partial charge in [0.05, 0.1) is 5.69 Å². The minimum absolute atomic E-state index is 0.0631. The van der Waals surface area contributed by atoms with Crippen LogP contribution in [0, 0.1) is 0 Å². The first-order valence-corrected chi connectivity index (χ1v) is 9.12. The van der Waals surface area contributed by atoms with Crippen LogP contribution in [0.4, 0.5) is 0 Å². The van der Waals surface area contributed by atoms with Crippen molar-refractivity contribution in [1.82, 2.24) is 25.0 Å². The number of rotatable bonds is 6. The van der Waals surface area contributed by atoms with E-state index in [9.17, 15) is 4.79 Å². The molecule has 3 heterocycles. The van der Waals surface area contributed by atoms with Crippen LogP contribution in [-0.4, -0.2) is 44.7 Å². The highest BCUT2D eigenvalue weighted by Gasteiger charge is 2.28. The van der Waals surface area contributed by atoms with Gasteiger partial charge in [0.15, 0.2) is 0 Å². The third-order valence-corrected chi connectivity index (χ3v) is 4.74. The van der Waals surface area contributed by atoms with Crippen LogP contribution in [0.25, 0.3) is 0 Å². The van der Waals surface area contributed by atoms with Crippen molar-refractivity contribution in [3.05, 3.63) is 47.5 Å². The molecule has 0 aliphatic carbocycles. The van der Waals surface area contributed by atoms with E-state index in [1.165, 1.54) is 0 Å². The van der Waals surface area contributed by atoms with Crippen LogP contribution in [0.15, 0.2) is 30.6 Å². The molecule has 2 aromatic rings. The zero-order valence-electron chi connectivity index (χ0n) is 15.1. The van der Waals surface area contributed by atoms with Crippen molar-refractivity contribution >= 4 is 5.91 Å². The zero-order chi connectivity index (χ0) is 17.6. The molecule has 0 radical (unpaired) electrons. The SMILES string of the molecule is CCCc1cc(C(=O)N(Cc2cccnc2)C2CCNCC2)n(C)n1. The molecule has 0 spiro atoms. The summed E-state index contributed by atoms with van der Waals surface area (Å²) >= 11 is 0. The maximum Gasteiger partial charge on any atom is 0.272 e. The molecule has 6 heteroatoms. The van der Waals surface area contributed by atoms with Gasteiger partial charge in [0, 0.05) is 32.0 Å². The van der Waals surface area contributed by atoms with Crippen LogP contribution < -0.4 is 5.32 Å². The Morgan fingerprint density at radius 2 is 2.20 bits per heavy atom. The molecule has 1 aliphatic rings. The Morgan fingerprint density at radius 1 is 1.40 bits per heavy atom. The number of piperidine rings is 1. The third-order valence-electron chi connectivity index (χ3n) is 4.74. The average Bonchev–Trinajstić information content (AvgIpc) is 3.01. The summed E-state index contributed by atoms with van der Waals surface area (Å²) in [5.41, 5.74) is 2.72. The third kappa shape index (κ3) is 4.25. The summed E-state index contributed by atoms with van der Waals surface area (Å²) in [6.07, 6.45) is 7.48. The second-order valence-electron chi connectivity index (χ2n) is 6.67. The molecule has 1 N–H and O–H groups in total. The van der Waals surface area contributed by atoms with Crippen molar-refractivity contribution in [3.63, 3.8) is 0 Å². The number of carbonyl (C=O) groups excluding carboxylic acids is 1. The molecule has 25 heavy (non-hydrogen) atoms. The van der Waals surface area contributed by atoms with Gasteiger partial charge >= 0.3 is 0 Å². The van der Waals surface area contributed by atoms with Gasteiger partial charge in [-0.2, -0.15) is 5.10 Å². The topological polar surface area (TPSA) is 63.1 Å². The van der Waals surface area contributed by atoms with E-state index >= 15 is 0 Å². The van der Waals surface area contributed by atoms with Gasteiger partial charge in [0.2, 0.25) is 0 Å². The molecule has 0 aromatic carbocycles. The standard InChI is InChI=1S/C19H27N5O/c1-3-5-16-12-18(23(2)22-16)19(25)24(17-7-10-20-11-8-17)14-15-6-4-9-21-13-15/h4,6,9,12-13,17,20H,3,5,7-8,10-11,14H2,1-2H3. The minimum Gasteiger partial charge on any atom is -0.330 e. The number of aryl methyl sites for hydroxylation is 2. The maximum atomic E-state index is 13.3. The van der Waals surface area contributed by atoms with Crippen molar-refractivity contribution < 1.29 is 4.79 Å². The summed E-state index contributed by atoms with van der Waals surface area (Å²) in [7, 11) is 1.86. The van der Waals surface area contributed by atoms with Crippen LogP contribution in [-0.2, 0) is 20.0 Å². The summed E-state index contributed by atoms with van der Waals surface area (Å²) in [4.78, 5) is 19.5. The molecular weight excluding hydrogens is 314 g/mol. The molecule has 1 amide bonds. The Balaban J connectivity index is 1.85. The highest BCUT2D eigenvalue weighted by molar-refractivity contribution is 5.93. The lowest BCUT2D eigenvalue weighted by atomic mass is 10.0. The number of hydrogen-bond donors (Lipinski definition) is 1. The molecule has 2 aromatic heterocycles. The highest BCUT2D eigenvalue weighted by atomic mass is 16.2. The molecule has 3 rings (SSSR count). The number of hydrogen-bond acceptors (Lipinski definition) is 4. The van der Waals surface area contributed by atoms with Gasteiger partial charge in [0.1, 0.15) is 5.69 Å². The Kier molecular flexibility index (Phi) is 5.81. The first-order chi connectivity index (χ1) is 12.2. The van der Waals surface area contributed by atoms with Crippen molar-refractivity contribution in [1.29, 1.82) is 0 Å². The van der Waals surface area contributed by atoms with Crippen molar-refractivity contribution in [2.75, 3.05) is 13.1 Å². The van der Waals surface area contributed by atoms with Gasteiger partial charge in [-0.15, -0.1) is 0 Å². The van der Waals surface area contributed by atoms with Gasteiger partial charge in [-0.3, -0.25) is 14.5 Å². The van der Waals surface area contributed by atoms with Gasteiger partial charge in [-0.1, -0.05) is 19.4 Å². The number of aromatic nitrogens is 3. The minimum atomic E-state index is 0.0631. The lowest BCUT2D eigenvalue weighted by Crippen LogP contribution is -2.46. The summed E-state index contributed by atoms with van der Waals surface area (Å²) in [5.74, 6) is 0.0631. The average molecular weight is 341 g/mol. The van der Waals surface area contributed by atoms with Crippen molar-refractivity contribution in [3.8, 4) is 0 Å². The molecule has 1 saturated heterocycles. The molecule has 0 bridgehead atoms. The Bertz CT molecular complexity index is 691. The first-order valence-electron chi connectivity index (χ1n) is 9.12. The fourth-order valence-electron chi connectivity index (χ4n) is 3.43. The lowest BCUT2D eigenvalue weighted by molar-refractivity contribution is 0.0611. The zero-order valence-corrected chi connectivity index (χ0v) is 15.1. The molecule has 0 saturated carbocycles. The highest BCUT2D eigenvalue weighted by Crippen LogP contribution is 2.19. The predicted molar refractivity (Wildman–Crippen MR) is 97.2 cm³/mol. The summed E-state index contributed by atoms with van der Waals surface area (Å²) < 4.78 is 1.73. The predicted octanol–water partition coefficient (Wildman–Crippen LogP) is 2.16. The fraction of sp³-hybridized carbons (Fsp3) is 0.526. The molecule has 6 nitrogen and oxygen atoms in total. The summed E-state index contributed by atoms with van der Waals surface area (Å²) in [6.45, 7) is 4.62. The quantitative estimate of drug-likeness (QED) is 0.875. The number of amides is 1. The maximum absolute atomic E-state index is 13.3. The van der Waals surface area contributed by atoms with Gasteiger partial charge < -0.3 is 10.2 Å². The van der Waals surface area contributed by atoms with Crippen molar-refractivity contribution in [2.24, 2.45) is 7.05 Å².